The predicted octanol–water partition coefficient (Wildman–Crippen LogP) is 1.50. The Balaban J connectivity index is 1.88. The smallest absolute Gasteiger partial charge is 0.233 e. The van der Waals surface area contributed by atoms with E-state index in [4.69, 9.17) is 0 Å². The number of hydrogen-bond donors (Lipinski definition) is 2. The molecule has 1 fully saturated rings. The largest absolute Gasteiger partial charge is 0.353 e. The van der Waals surface area contributed by atoms with Crippen LogP contribution < -0.4 is 10.6 Å². The van der Waals surface area contributed by atoms with Crippen molar-refractivity contribution in [1.82, 2.24) is 5.32 Å². The van der Waals surface area contributed by atoms with Crippen LogP contribution in [0.5, 0.6) is 0 Å². The van der Waals surface area contributed by atoms with E-state index in [1.807, 2.05) is 0 Å². The number of amides is 2. The van der Waals surface area contributed by atoms with Gasteiger partial charge in [-0.15, -0.1) is 0 Å². The lowest BCUT2D eigenvalue weighted by Gasteiger charge is -2.06. The molecular formula is C14H16N2O3. The average Bonchev–Trinajstić information content (AvgIpc) is 3.12. The van der Waals surface area contributed by atoms with Gasteiger partial charge in [0.25, 0.3) is 0 Å². The Bertz CT molecular complexity index is 521. The van der Waals surface area contributed by atoms with Gasteiger partial charge in [0.05, 0.1) is 0 Å². The van der Waals surface area contributed by atoms with Crippen LogP contribution in [0.25, 0.3) is 0 Å². The summed E-state index contributed by atoms with van der Waals surface area (Å²) in [5.74, 6) is -0.704. The molecule has 2 N–H and O–H groups in total. The standard InChI is InChI=1S/C14H16N2O3/c1-9(17)10-3-2-4-12(7-10)16-14(19)8-13(18)15-11-5-6-11/h2-4,7,11H,5-6,8H2,1H3,(H,15,18)(H,16,19). The van der Waals surface area contributed by atoms with Crippen LogP contribution in [0.1, 0.15) is 36.5 Å². The highest BCUT2D eigenvalue weighted by atomic mass is 16.2. The summed E-state index contributed by atoms with van der Waals surface area (Å²) in [5, 5.41) is 5.36. The van der Waals surface area contributed by atoms with Gasteiger partial charge >= 0.3 is 0 Å². The van der Waals surface area contributed by atoms with Gasteiger partial charge in [0, 0.05) is 17.3 Å². The fraction of sp³-hybridized carbons (Fsp3) is 0.357. The minimum absolute atomic E-state index is 0.0671. The molecule has 1 aliphatic carbocycles. The predicted molar refractivity (Wildman–Crippen MR) is 70.9 cm³/mol. The summed E-state index contributed by atoms with van der Waals surface area (Å²) < 4.78 is 0. The molecule has 2 rings (SSSR count). The van der Waals surface area contributed by atoms with E-state index in [1.165, 1.54) is 6.92 Å². The van der Waals surface area contributed by atoms with Gasteiger partial charge < -0.3 is 10.6 Å². The maximum atomic E-state index is 11.6. The minimum Gasteiger partial charge on any atom is -0.353 e. The Morgan fingerprint density at radius 1 is 1.21 bits per heavy atom. The molecule has 0 spiro atoms. The Kier molecular flexibility index (Phi) is 3.94. The van der Waals surface area contributed by atoms with E-state index < -0.39 is 0 Å². The first-order valence-electron chi connectivity index (χ1n) is 6.25. The zero-order valence-electron chi connectivity index (χ0n) is 10.7. The molecule has 1 aromatic rings. The summed E-state index contributed by atoms with van der Waals surface area (Å²) in [6, 6.07) is 6.90. The molecule has 0 radical (unpaired) electrons. The van der Waals surface area contributed by atoms with E-state index in [0.717, 1.165) is 12.8 Å². The van der Waals surface area contributed by atoms with E-state index >= 15 is 0 Å². The van der Waals surface area contributed by atoms with Crippen LogP contribution in [-0.2, 0) is 9.59 Å². The average molecular weight is 260 g/mol. The molecule has 0 aliphatic heterocycles. The van der Waals surface area contributed by atoms with Gasteiger partial charge in [0.1, 0.15) is 6.42 Å². The van der Waals surface area contributed by atoms with Crippen molar-refractivity contribution < 1.29 is 14.4 Å². The van der Waals surface area contributed by atoms with Crippen LogP contribution in [0, 0.1) is 0 Å². The number of ketones is 1. The SMILES string of the molecule is CC(=O)c1cccc(NC(=O)CC(=O)NC2CC2)c1. The second-order valence-electron chi connectivity index (χ2n) is 4.70. The lowest BCUT2D eigenvalue weighted by Crippen LogP contribution is -2.29. The third-order valence-electron chi connectivity index (χ3n) is 2.82. The minimum atomic E-state index is -0.376. The van der Waals surface area contributed by atoms with Gasteiger partial charge in [-0.05, 0) is 31.9 Å². The van der Waals surface area contributed by atoms with Crippen LogP contribution >= 0.6 is 0 Å². The highest BCUT2D eigenvalue weighted by molar-refractivity contribution is 6.04. The molecule has 0 heterocycles. The van der Waals surface area contributed by atoms with Crippen LogP contribution in [-0.4, -0.2) is 23.6 Å². The molecule has 1 aliphatic rings. The van der Waals surface area contributed by atoms with E-state index in [2.05, 4.69) is 10.6 Å². The van der Waals surface area contributed by atoms with Crippen molar-refractivity contribution in [3.63, 3.8) is 0 Å². The third kappa shape index (κ3) is 4.21. The fourth-order valence-electron chi connectivity index (χ4n) is 1.67. The second-order valence-corrected chi connectivity index (χ2v) is 4.70. The molecule has 100 valence electrons. The molecule has 5 nitrogen and oxygen atoms in total. The summed E-state index contributed by atoms with van der Waals surface area (Å²) in [4.78, 5) is 34.3. The number of rotatable bonds is 5. The molecular weight excluding hydrogens is 244 g/mol. The highest BCUT2D eigenvalue weighted by Gasteiger charge is 2.24. The lowest BCUT2D eigenvalue weighted by atomic mass is 10.1. The molecule has 0 saturated heterocycles. The summed E-state index contributed by atoms with van der Waals surface area (Å²) in [6.45, 7) is 1.46. The van der Waals surface area contributed by atoms with Crippen molar-refractivity contribution in [2.75, 3.05) is 5.32 Å². The number of carbonyl (C=O) groups is 3. The van der Waals surface area contributed by atoms with Crippen LogP contribution in [0.4, 0.5) is 5.69 Å². The molecule has 1 saturated carbocycles. The lowest BCUT2D eigenvalue weighted by molar-refractivity contribution is -0.126. The van der Waals surface area contributed by atoms with E-state index in [1.54, 1.807) is 24.3 Å². The van der Waals surface area contributed by atoms with Gasteiger partial charge in [-0.1, -0.05) is 12.1 Å². The monoisotopic (exact) mass is 260 g/mol. The number of Topliss-reactive ketones (excluding diaryl/α,β-unsaturated/α-hetero) is 1. The van der Waals surface area contributed by atoms with Gasteiger partial charge in [-0.3, -0.25) is 14.4 Å². The van der Waals surface area contributed by atoms with Crippen molar-refractivity contribution in [2.45, 2.75) is 32.2 Å². The second kappa shape index (κ2) is 5.65. The molecule has 19 heavy (non-hydrogen) atoms. The first kappa shape index (κ1) is 13.3. The summed E-state index contributed by atoms with van der Waals surface area (Å²) in [6.07, 6.45) is 1.79. The van der Waals surface area contributed by atoms with Crippen molar-refractivity contribution in [1.29, 1.82) is 0 Å². The molecule has 0 aromatic heterocycles. The van der Waals surface area contributed by atoms with Crippen LogP contribution in [0.3, 0.4) is 0 Å². The molecule has 5 heteroatoms. The van der Waals surface area contributed by atoms with Crippen LogP contribution in [0.15, 0.2) is 24.3 Å². The first-order chi connectivity index (χ1) is 9.04. The van der Waals surface area contributed by atoms with Crippen LogP contribution in [0.2, 0.25) is 0 Å². The van der Waals surface area contributed by atoms with Gasteiger partial charge in [-0.25, -0.2) is 0 Å². The maximum absolute atomic E-state index is 11.6. The summed E-state index contributed by atoms with van der Waals surface area (Å²) in [7, 11) is 0. The van der Waals surface area contributed by atoms with Crippen molar-refractivity contribution >= 4 is 23.3 Å². The zero-order chi connectivity index (χ0) is 13.8. The van der Waals surface area contributed by atoms with Crippen molar-refractivity contribution in [2.24, 2.45) is 0 Å². The van der Waals surface area contributed by atoms with E-state index in [-0.39, 0.29) is 30.1 Å². The quantitative estimate of drug-likeness (QED) is 0.622. The van der Waals surface area contributed by atoms with Gasteiger partial charge in [0.2, 0.25) is 11.8 Å². The van der Waals surface area contributed by atoms with E-state index in [9.17, 15) is 14.4 Å². The molecule has 0 bridgehead atoms. The number of benzene rings is 1. The molecule has 2 amide bonds. The van der Waals surface area contributed by atoms with Crippen molar-refractivity contribution in [3.8, 4) is 0 Å². The van der Waals surface area contributed by atoms with Gasteiger partial charge in [-0.2, -0.15) is 0 Å². The topological polar surface area (TPSA) is 75.3 Å². The molecule has 1 aromatic carbocycles. The zero-order valence-corrected chi connectivity index (χ0v) is 10.7. The van der Waals surface area contributed by atoms with Gasteiger partial charge in [0.15, 0.2) is 5.78 Å². The Labute approximate surface area is 111 Å². The molecule has 0 atom stereocenters. The number of carbonyl (C=O) groups excluding carboxylic acids is 3. The highest BCUT2D eigenvalue weighted by Crippen LogP contribution is 2.18. The maximum Gasteiger partial charge on any atom is 0.233 e. The number of hydrogen-bond acceptors (Lipinski definition) is 3. The Morgan fingerprint density at radius 3 is 2.58 bits per heavy atom. The Hall–Kier alpha value is -2.17. The Morgan fingerprint density at radius 2 is 1.95 bits per heavy atom. The number of anilines is 1. The summed E-state index contributed by atoms with van der Waals surface area (Å²) >= 11 is 0. The summed E-state index contributed by atoms with van der Waals surface area (Å²) in [5.41, 5.74) is 1.05. The molecule has 0 unspecified atom stereocenters. The van der Waals surface area contributed by atoms with Crippen molar-refractivity contribution in [3.05, 3.63) is 29.8 Å². The number of nitrogens with one attached hydrogen (secondary N) is 2. The van der Waals surface area contributed by atoms with E-state index in [0.29, 0.717) is 11.3 Å². The first-order valence-corrected chi connectivity index (χ1v) is 6.25. The third-order valence-corrected chi connectivity index (χ3v) is 2.82. The fourth-order valence-corrected chi connectivity index (χ4v) is 1.67. The normalized spacial score (nSPS) is 13.7.